The summed E-state index contributed by atoms with van der Waals surface area (Å²) in [4.78, 5) is 10.9. The number of aliphatic carboxylic acids is 1. The van der Waals surface area contributed by atoms with Gasteiger partial charge in [-0.1, -0.05) is 0 Å². The molecule has 18 heavy (non-hydrogen) atoms. The second-order valence-electron chi connectivity index (χ2n) is 4.30. The number of carboxylic acid groups (broad SMARTS) is 1. The monoisotopic (exact) mass is 273 g/mol. The Kier molecular flexibility index (Phi) is 3.12. The Morgan fingerprint density at radius 2 is 1.83 bits per heavy atom. The Balaban J connectivity index is 2.27. The molecule has 2 N–H and O–H groups in total. The van der Waals surface area contributed by atoms with E-state index in [1.165, 1.54) is 0 Å². The summed E-state index contributed by atoms with van der Waals surface area (Å²) in [5.74, 6) is -1.73. The molecule has 1 aromatic rings. The van der Waals surface area contributed by atoms with Crippen molar-refractivity contribution in [3.63, 3.8) is 0 Å². The van der Waals surface area contributed by atoms with E-state index in [9.17, 15) is 17.6 Å². The third-order valence-corrected chi connectivity index (χ3v) is 4.62. The maximum absolute atomic E-state index is 12.7. The Morgan fingerprint density at radius 1 is 1.28 bits per heavy atom. The molecule has 0 atom stereocenters. The summed E-state index contributed by atoms with van der Waals surface area (Å²) in [6.07, 6.45) is 1.20. The molecular weight excluding hydrogens is 261 g/mol. The molecule has 0 unspecified atom stereocenters. The summed E-state index contributed by atoms with van der Waals surface area (Å²) in [6, 6.07) is 4.24. The number of hydrogen-bond donors (Lipinski definition) is 2. The Morgan fingerprint density at radius 3 is 2.22 bits per heavy atom. The SMILES string of the molecule is O=C(O)C1(NS(=O)(=O)c2ccc(F)cc2)CCC1. The predicted octanol–water partition coefficient (Wildman–Crippen LogP) is 1.11. The molecular formula is C11H12FNO4S. The van der Waals surface area contributed by atoms with Crippen LogP contribution in [0.5, 0.6) is 0 Å². The zero-order valence-electron chi connectivity index (χ0n) is 9.39. The molecule has 2 rings (SSSR count). The maximum Gasteiger partial charge on any atom is 0.324 e. The van der Waals surface area contributed by atoms with Gasteiger partial charge in [-0.2, -0.15) is 4.72 Å². The van der Waals surface area contributed by atoms with E-state index in [4.69, 9.17) is 5.11 Å². The van der Waals surface area contributed by atoms with Crippen molar-refractivity contribution < 1.29 is 22.7 Å². The van der Waals surface area contributed by atoms with Crippen molar-refractivity contribution >= 4 is 16.0 Å². The highest BCUT2D eigenvalue weighted by Gasteiger charge is 2.47. The highest BCUT2D eigenvalue weighted by Crippen LogP contribution is 2.33. The van der Waals surface area contributed by atoms with E-state index in [1.807, 2.05) is 0 Å². The number of carboxylic acids is 1. The van der Waals surface area contributed by atoms with Crippen LogP contribution in [-0.4, -0.2) is 25.0 Å². The largest absolute Gasteiger partial charge is 0.480 e. The number of rotatable bonds is 4. The second kappa shape index (κ2) is 4.33. The van der Waals surface area contributed by atoms with Gasteiger partial charge in [0.25, 0.3) is 0 Å². The quantitative estimate of drug-likeness (QED) is 0.860. The fraction of sp³-hybridized carbons (Fsp3) is 0.364. The lowest BCUT2D eigenvalue weighted by Crippen LogP contribution is -2.58. The lowest BCUT2D eigenvalue weighted by molar-refractivity contribution is -0.147. The highest BCUT2D eigenvalue weighted by molar-refractivity contribution is 7.89. The van der Waals surface area contributed by atoms with Crippen LogP contribution in [0.3, 0.4) is 0 Å². The molecule has 0 aliphatic heterocycles. The van der Waals surface area contributed by atoms with Gasteiger partial charge in [-0.05, 0) is 43.5 Å². The van der Waals surface area contributed by atoms with Gasteiger partial charge in [0.1, 0.15) is 11.4 Å². The first-order valence-corrected chi connectivity index (χ1v) is 6.87. The Hall–Kier alpha value is -1.47. The van der Waals surface area contributed by atoms with Gasteiger partial charge in [0, 0.05) is 0 Å². The summed E-state index contributed by atoms with van der Waals surface area (Å²) < 4.78 is 38.8. The van der Waals surface area contributed by atoms with Crippen LogP contribution in [0.4, 0.5) is 4.39 Å². The average Bonchev–Trinajstić information content (AvgIpc) is 2.23. The summed E-state index contributed by atoms with van der Waals surface area (Å²) in [7, 11) is -3.94. The van der Waals surface area contributed by atoms with Crippen molar-refractivity contribution in [1.29, 1.82) is 0 Å². The van der Waals surface area contributed by atoms with Crippen LogP contribution in [0.1, 0.15) is 19.3 Å². The van der Waals surface area contributed by atoms with E-state index in [2.05, 4.69) is 4.72 Å². The van der Waals surface area contributed by atoms with Crippen LogP contribution < -0.4 is 4.72 Å². The molecule has 1 fully saturated rings. The van der Waals surface area contributed by atoms with Crippen molar-refractivity contribution in [3.05, 3.63) is 30.1 Å². The minimum absolute atomic E-state index is 0.142. The van der Waals surface area contributed by atoms with E-state index in [0.717, 1.165) is 24.3 Å². The standard InChI is InChI=1S/C11H12FNO4S/c12-8-2-4-9(5-3-8)18(16,17)13-11(10(14)15)6-1-7-11/h2-5,13H,1,6-7H2,(H,14,15). The smallest absolute Gasteiger partial charge is 0.324 e. The van der Waals surface area contributed by atoms with Gasteiger partial charge in [0.15, 0.2) is 0 Å². The number of halogens is 1. The predicted molar refractivity (Wildman–Crippen MR) is 60.9 cm³/mol. The zero-order chi connectivity index (χ0) is 13.4. The van der Waals surface area contributed by atoms with Crippen molar-refractivity contribution in [2.24, 2.45) is 0 Å². The van der Waals surface area contributed by atoms with Crippen molar-refractivity contribution in [2.45, 2.75) is 29.7 Å². The normalized spacial score (nSPS) is 18.1. The zero-order valence-corrected chi connectivity index (χ0v) is 10.2. The van der Waals surface area contributed by atoms with E-state index in [1.54, 1.807) is 0 Å². The van der Waals surface area contributed by atoms with Gasteiger partial charge in [-0.15, -0.1) is 0 Å². The van der Waals surface area contributed by atoms with Gasteiger partial charge in [-0.3, -0.25) is 4.79 Å². The van der Waals surface area contributed by atoms with Crippen LogP contribution in [0.25, 0.3) is 0 Å². The third-order valence-electron chi connectivity index (χ3n) is 3.07. The van der Waals surface area contributed by atoms with Gasteiger partial charge in [0.2, 0.25) is 10.0 Å². The molecule has 1 aliphatic rings. The number of sulfonamides is 1. The first kappa shape index (κ1) is 13.0. The Labute approximate surface area is 104 Å². The molecule has 5 nitrogen and oxygen atoms in total. The fourth-order valence-electron chi connectivity index (χ4n) is 1.82. The van der Waals surface area contributed by atoms with Gasteiger partial charge in [-0.25, -0.2) is 12.8 Å². The molecule has 0 saturated heterocycles. The van der Waals surface area contributed by atoms with E-state index in [0.29, 0.717) is 6.42 Å². The minimum atomic E-state index is -3.94. The molecule has 0 radical (unpaired) electrons. The Bertz CT molecular complexity index is 563. The van der Waals surface area contributed by atoms with Crippen molar-refractivity contribution in [2.75, 3.05) is 0 Å². The average molecular weight is 273 g/mol. The molecule has 1 saturated carbocycles. The third kappa shape index (κ3) is 2.23. The van der Waals surface area contributed by atoms with Crippen LogP contribution in [0, 0.1) is 5.82 Å². The lowest BCUT2D eigenvalue weighted by Gasteiger charge is -2.37. The first-order chi connectivity index (χ1) is 8.36. The summed E-state index contributed by atoms with van der Waals surface area (Å²) in [5.41, 5.74) is -1.41. The fourth-order valence-corrected chi connectivity index (χ4v) is 3.24. The molecule has 0 aromatic heterocycles. The molecule has 0 amide bonds. The molecule has 0 bridgehead atoms. The van der Waals surface area contributed by atoms with E-state index in [-0.39, 0.29) is 17.7 Å². The van der Waals surface area contributed by atoms with Crippen molar-refractivity contribution in [1.82, 2.24) is 4.72 Å². The van der Waals surface area contributed by atoms with E-state index >= 15 is 0 Å². The summed E-state index contributed by atoms with van der Waals surface area (Å²) in [5, 5.41) is 9.05. The number of benzene rings is 1. The van der Waals surface area contributed by atoms with Crippen LogP contribution >= 0.6 is 0 Å². The minimum Gasteiger partial charge on any atom is -0.480 e. The topological polar surface area (TPSA) is 83.5 Å². The molecule has 7 heteroatoms. The molecule has 98 valence electrons. The van der Waals surface area contributed by atoms with Gasteiger partial charge in [0.05, 0.1) is 4.90 Å². The van der Waals surface area contributed by atoms with Gasteiger partial charge < -0.3 is 5.11 Å². The second-order valence-corrected chi connectivity index (χ2v) is 5.98. The van der Waals surface area contributed by atoms with Crippen LogP contribution in [-0.2, 0) is 14.8 Å². The summed E-state index contributed by atoms with van der Waals surface area (Å²) in [6.45, 7) is 0. The van der Waals surface area contributed by atoms with Crippen molar-refractivity contribution in [3.8, 4) is 0 Å². The molecule has 0 heterocycles. The first-order valence-electron chi connectivity index (χ1n) is 5.39. The maximum atomic E-state index is 12.7. The number of nitrogens with one attached hydrogen (secondary N) is 1. The van der Waals surface area contributed by atoms with Crippen LogP contribution in [0.2, 0.25) is 0 Å². The number of hydrogen-bond acceptors (Lipinski definition) is 3. The molecule has 1 aliphatic carbocycles. The summed E-state index contributed by atoms with van der Waals surface area (Å²) >= 11 is 0. The lowest BCUT2D eigenvalue weighted by atomic mass is 9.78. The molecule has 0 spiro atoms. The number of carbonyl (C=O) groups is 1. The van der Waals surface area contributed by atoms with Crippen LogP contribution in [0.15, 0.2) is 29.2 Å². The van der Waals surface area contributed by atoms with E-state index < -0.39 is 27.3 Å². The van der Waals surface area contributed by atoms with Gasteiger partial charge >= 0.3 is 5.97 Å². The highest BCUT2D eigenvalue weighted by atomic mass is 32.2. The molecule has 1 aromatic carbocycles.